The molecule has 0 heterocycles. The van der Waals surface area contributed by atoms with Gasteiger partial charge in [0.2, 0.25) is 0 Å². The Hall–Kier alpha value is -0.530. The predicted octanol–water partition coefficient (Wildman–Crippen LogP) is 2.36. The van der Waals surface area contributed by atoms with Crippen LogP contribution in [0.1, 0.15) is 34.6 Å². The molecule has 0 aromatic carbocycles. The van der Waals surface area contributed by atoms with Gasteiger partial charge in [0.15, 0.2) is 0 Å². The molecule has 0 atom stereocenters. The van der Waals surface area contributed by atoms with E-state index in [1.54, 1.807) is 0 Å². The first-order chi connectivity index (χ1) is 4.84. The number of hydrogen-bond donors (Lipinski definition) is 0. The summed E-state index contributed by atoms with van der Waals surface area (Å²) in [5.74, 6) is 0.528. The fourth-order valence-electron chi connectivity index (χ4n) is 0.407. The van der Waals surface area contributed by atoms with Crippen molar-refractivity contribution in [3.8, 4) is 0 Å². The summed E-state index contributed by atoms with van der Waals surface area (Å²) in [6, 6.07) is 0. The van der Waals surface area contributed by atoms with Crippen molar-refractivity contribution in [2.45, 2.75) is 40.2 Å². The van der Waals surface area contributed by atoms with Gasteiger partial charge in [-0.15, -0.1) is 0 Å². The second-order valence-corrected chi connectivity index (χ2v) is 4.20. The number of hydrogen-bond acceptors (Lipinski definition) is 2. The third-order valence-electron chi connectivity index (χ3n) is 1.51. The number of rotatable bonds is 2. The molecule has 0 amide bonds. The molecule has 2 nitrogen and oxygen atoms in total. The van der Waals surface area contributed by atoms with Crippen LogP contribution < -0.4 is 0 Å². The zero-order valence-corrected chi connectivity index (χ0v) is 8.55. The first-order valence-electron chi connectivity index (χ1n) is 4.12. The maximum absolute atomic E-state index is 4.30. The van der Waals surface area contributed by atoms with Crippen LogP contribution >= 0.6 is 0 Å². The van der Waals surface area contributed by atoms with Gasteiger partial charge in [-0.2, -0.15) is 5.10 Å². The zero-order valence-electron chi connectivity index (χ0n) is 8.55. The van der Waals surface area contributed by atoms with Crippen molar-refractivity contribution in [2.75, 3.05) is 7.05 Å². The highest BCUT2D eigenvalue weighted by Gasteiger charge is 2.13. The monoisotopic (exact) mass is 156 g/mol. The summed E-state index contributed by atoms with van der Waals surface area (Å²) in [4.78, 5) is 0. The van der Waals surface area contributed by atoms with E-state index in [-0.39, 0.29) is 5.54 Å². The average Bonchev–Trinajstić information content (AvgIpc) is 1.80. The van der Waals surface area contributed by atoms with Crippen LogP contribution in [0.15, 0.2) is 5.10 Å². The van der Waals surface area contributed by atoms with E-state index in [4.69, 9.17) is 0 Å². The van der Waals surface area contributed by atoms with E-state index >= 15 is 0 Å². The summed E-state index contributed by atoms with van der Waals surface area (Å²) in [6.45, 7) is 10.7. The molecule has 0 fully saturated rings. The Morgan fingerprint density at radius 3 is 2.00 bits per heavy atom. The predicted molar refractivity (Wildman–Crippen MR) is 50.8 cm³/mol. The SMILES string of the molecule is CC(C)/C=N/N(C)C(C)(C)C. The minimum absolute atomic E-state index is 0.130. The van der Waals surface area contributed by atoms with Gasteiger partial charge in [-0.25, -0.2) is 0 Å². The lowest BCUT2D eigenvalue weighted by Crippen LogP contribution is -2.33. The first-order valence-corrected chi connectivity index (χ1v) is 4.12. The van der Waals surface area contributed by atoms with E-state index in [1.807, 2.05) is 18.3 Å². The minimum Gasteiger partial charge on any atom is -0.295 e. The van der Waals surface area contributed by atoms with Crippen molar-refractivity contribution in [3.05, 3.63) is 0 Å². The smallest absolute Gasteiger partial charge is 0.0491 e. The molecule has 0 aromatic rings. The first kappa shape index (κ1) is 10.5. The molecule has 0 spiro atoms. The van der Waals surface area contributed by atoms with E-state index in [0.717, 1.165) is 0 Å². The minimum atomic E-state index is 0.130. The second kappa shape index (κ2) is 3.74. The van der Waals surface area contributed by atoms with Gasteiger partial charge >= 0.3 is 0 Å². The average molecular weight is 156 g/mol. The van der Waals surface area contributed by atoms with Gasteiger partial charge < -0.3 is 0 Å². The Morgan fingerprint density at radius 2 is 1.73 bits per heavy atom. The van der Waals surface area contributed by atoms with Crippen molar-refractivity contribution in [1.29, 1.82) is 0 Å². The molecule has 0 rings (SSSR count). The van der Waals surface area contributed by atoms with Crippen molar-refractivity contribution >= 4 is 6.21 Å². The molecule has 0 bridgehead atoms. The fourth-order valence-corrected chi connectivity index (χ4v) is 0.407. The molecule has 66 valence electrons. The maximum atomic E-state index is 4.30. The van der Waals surface area contributed by atoms with E-state index < -0.39 is 0 Å². The second-order valence-electron chi connectivity index (χ2n) is 4.20. The van der Waals surface area contributed by atoms with Crippen molar-refractivity contribution < 1.29 is 0 Å². The summed E-state index contributed by atoms with van der Waals surface area (Å²) >= 11 is 0. The van der Waals surface area contributed by atoms with Crippen LogP contribution in [-0.2, 0) is 0 Å². The molecular weight excluding hydrogens is 136 g/mol. The van der Waals surface area contributed by atoms with E-state index in [0.29, 0.717) is 5.92 Å². The van der Waals surface area contributed by atoms with E-state index in [1.165, 1.54) is 0 Å². The standard InChI is InChI=1S/C9H20N2/c1-8(2)7-10-11(6)9(3,4)5/h7-8H,1-6H3/b10-7+. The molecule has 0 aliphatic carbocycles. The molecule has 0 N–H and O–H groups in total. The highest BCUT2D eigenvalue weighted by atomic mass is 15.5. The molecule has 11 heavy (non-hydrogen) atoms. The quantitative estimate of drug-likeness (QED) is 0.442. The number of nitrogens with zero attached hydrogens (tertiary/aromatic N) is 2. The topological polar surface area (TPSA) is 15.6 Å². The Balaban J connectivity index is 3.97. The third-order valence-corrected chi connectivity index (χ3v) is 1.51. The van der Waals surface area contributed by atoms with Crippen molar-refractivity contribution in [1.82, 2.24) is 5.01 Å². The highest BCUT2D eigenvalue weighted by Crippen LogP contribution is 2.09. The highest BCUT2D eigenvalue weighted by molar-refractivity contribution is 5.59. The van der Waals surface area contributed by atoms with Crippen LogP contribution in [0.25, 0.3) is 0 Å². The van der Waals surface area contributed by atoms with Crippen LogP contribution in [0.5, 0.6) is 0 Å². The van der Waals surface area contributed by atoms with Gasteiger partial charge in [0.1, 0.15) is 0 Å². The molecule has 0 aliphatic rings. The van der Waals surface area contributed by atoms with Gasteiger partial charge in [0, 0.05) is 18.8 Å². The van der Waals surface area contributed by atoms with Crippen molar-refractivity contribution in [2.24, 2.45) is 11.0 Å². The zero-order chi connectivity index (χ0) is 9.07. The Labute approximate surface area is 70.3 Å². The Morgan fingerprint density at radius 1 is 1.27 bits per heavy atom. The summed E-state index contributed by atoms with van der Waals surface area (Å²) in [7, 11) is 2.00. The lowest BCUT2D eigenvalue weighted by Gasteiger charge is -2.29. The van der Waals surface area contributed by atoms with E-state index in [9.17, 15) is 0 Å². The van der Waals surface area contributed by atoms with Crippen LogP contribution in [0.2, 0.25) is 0 Å². The fraction of sp³-hybridized carbons (Fsp3) is 0.889. The Kier molecular flexibility index (Phi) is 3.56. The number of hydrazone groups is 1. The lowest BCUT2D eigenvalue weighted by molar-refractivity contribution is 0.184. The Bertz CT molecular complexity index is 131. The summed E-state index contributed by atoms with van der Waals surface area (Å²) < 4.78 is 0. The van der Waals surface area contributed by atoms with E-state index in [2.05, 4.69) is 39.7 Å². The summed E-state index contributed by atoms with van der Waals surface area (Å²) in [5.41, 5.74) is 0.130. The lowest BCUT2D eigenvalue weighted by atomic mass is 10.1. The third kappa shape index (κ3) is 4.82. The molecule has 0 aromatic heterocycles. The van der Waals surface area contributed by atoms with Gasteiger partial charge in [0.25, 0.3) is 0 Å². The van der Waals surface area contributed by atoms with Crippen LogP contribution in [0, 0.1) is 5.92 Å². The van der Waals surface area contributed by atoms with Gasteiger partial charge in [-0.1, -0.05) is 13.8 Å². The molecular formula is C9H20N2. The van der Waals surface area contributed by atoms with Gasteiger partial charge in [0.05, 0.1) is 0 Å². The van der Waals surface area contributed by atoms with Crippen molar-refractivity contribution in [3.63, 3.8) is 0 Å². The van der Waals surface area contributed by atoms with Crippen LogP contribution in [-0.4, -0.2) is 23.8 Å². The summed E-state index contributed by atoms with van der Waals surface area (Å²) in [6.07, 6.45) is 1.96. The van der Waals surface area contributed by atoms with Crippen LogP contribution in [0.3, 0.4) is 0 Å². The molecule has 0 radical (unpaired) electrons. The molecule has 0 unspecified atom stereocenters. The molecule has 0 saturated carbocycles. The normalized spacial score (nSPS) is 13.0. The van der Waals surface area contributed by atoms with Gasteiger partial charge in [-0.05, 0) is 26.7 Å². The maximum Gasteiger partial charge on any atom is 0.0491 e. The van der Waals surface area contributed by atoms with Crippen LogP contribution in [0.4, 0.5) is 0 Å². The molecule has 2 heteroatoms. The largest absolute Gasteiger partial charge is 0.295 e. The molecule has 0 aliphatic heterocycles. The van der Waals surface area contributed by atoms with Gasteiger partial charge in [-0.3, -0.25) is 5.01 Å². The summed E-state index contributed by atoms with van der Waals surface area (Å²) in [5, 5.41) is 6.28. The molecule has 0 saturated heterocycles.